The zero-order valence-corrected chi connectivity index (χ0v) is 9.07. The average Bonchev–Trinajstić information content (AvgIpc) is 2.34. The van der Waals surface area contributed by atoms with E-state index in [9.17, 15) is 8.42 Å². The van der Waals surface area contributed by atoms with E-state index in [1.165, 1.54) is 11.3 Å². The van der Waals surface area contributed by atoms with Crippen LogP contribution in [0.15, 0.2) is 17.5 Å². The van der Waals surface area contributed by atoms with E-state index in [2.05, 4.69) is 0 Å². The predicted molar refractivity (Wildman–Crippen MR) is 55.5 cm³/mol. The Bertz CT molecular complexity index is 340. The first-order valence-corrected chi connectivity index (χ1v) is 6.68. The lowest BCUT2D eigenvalue weighted by atomic mass is 10.4. The Balaban J connectivity index is 2.63. The van der Waals surface area contributed by atoms with Gasteiger partial charge in [0.25, 0.3) is 0 Å². The molecule has 0 saturated heterocycles. The van der Waals surface area contributed by atoms with Crippen LogP contribution in [0.5, 0.6) is 0 Å². The van der Waals surface area contributed by atoms with Crippen LogP contribution in [0.25, 0.3) is 0 Å². The van der Waals surface area contributed by atoms with Crippen LogP contribution in [0, 0.1) is 0 Å². The van der Waals surface area contributed by atoms with E-state index in [1.54, 1.807) is 6.92 Å². The minimum atomic E-state index is -3.02. The van der Waals surface area contributed by atoms with Crippen molar-refractivity contribution in [3.8, 4) is 0 Å². The second-order valence-corrected chi connectivity index (χ2v) is 6.25. The van der Waals surface area contributed by atoms with Gasteiger partial charge in [0.2, 0.25) is 0 Å². The molecule has 0 aliphatic carbocycles. The van der Waals surface area contributed by atoms with Gasteiger partial charge in [-0.05, 0) is 18.4 Å². The van der Waals surface area contributed by atoms with E-state index in [1.807, 2.05) is 17.5 Å². The van der Waals surface area contributed by atoms with Crippen LogP contribution in [0.4, 0.5) is 0 Å². The van der Waals surface area contributed by atoms with Crippen molar-refractivity contribution in [3.05, 3.63) is 22.4 Å². The van der Waals surface area contributed by atoms with Crippen LogP contribution < -0.4 is 5.73 Å². The number of sulfone groups is 1. The van der Waals surface area contributed by atoms with Gasteiger partial charge in [0.15, 0.2) is 9.84 Å². The molecule has 3 nitrogen and oxygen atoms in total. The van der Waals surface area contributed by atoms with Gasteiger partial charge in [0.05, 0.1) is 11.5 Å². The largest absolute Gasteiger partial charge is 0.327 e. The van der Waals surface area contributed by atoms with Crippen molar-refractivity contribution in [2.24, 2.45) is 5.73 Å². The molecule has 1 aromatic rings. The van der Waals surface area contributed by atoms with Gasteiger partial charge in [0, 0.05) is 10.9 Å². The first kappa shape index (κ1) is 10.7. The zero-order valence-electron chi connectivity index (χ0n) is 7.43. The molecule has 0 aliphatic heterocycles. The van der Waals surface area contributed by atoms with Gasteiger partial charge in [-0.25, -0.2) is 8.42 Å². The number of rotatable bonds is 4. The van der Waals surface area contributed by atoms with Gasteiger partial charge in [-0.1, -0.05) is 6.07 Å². The summed E-state index contributed by atoms with van der Waals surface area (Å²) >= 11 is 1.46. The van der Waals surface area contributed by atoms with Crippen LogP contribution in [0.2, 0.25) is 0 Å². The summed E-state index contributed by atoms with van der Waals surface area (Å²) in [6.07, 6.45) is 0. The Morgan fingerprint density at radius 2 is 2.31 bits per heavy atom. The number of hydrogen-bond acceptors (Lipinski definition) is 4. The minimum Gasteiger partial charge on any atom is -0.327 e. The summed E-state index contributed by atoms with van der Waals surface area (Å²) in [4.78, 5) is 0.876. The quantitative estimate of drug-likeness (QED) is 0.822. The lowest BCUT2D eigenvalue weighted by Gasteiger charge is -2.05. The van der Waals surface area contributed by atoms with Crippen LogP contribution >= 0.6 is 11.3 Å². The maximum Gasteiger partial charge on any atom is 0.156 e. The third-order valence-corrected chi connectivity index (χ3v) is 4.30. The van der Waals surface area contributed by atoms with Crippen molar-refractivity contribution in [2.75, 3.05) is 5.75 Å². The fraction of sp³-hybridized carbons (Fsp3) is 0.500. The normalized spacial score (nSPS) is 14.3. The van der Waals surface area contributed by atoms with Crippen LogP contribution in [-0.2, 0) is 15.6 Å². The molecule has 0 aliphatic rings. The molecule has 0 fully saturated rings. The van der Waals surface area contributed by atoms with Crippen molar-refractivity contribution in [1.82, 2.24) is 0 Å². The Hall–Kier alpha value is -0.390. The molecule has 0 amide bonds. The molecule has 0 saturated carbocycles. The summed E-state index contributed by atoms with van der Waals surface area (Å²) in [7, 11) is -3.02. The summed E-state index contributed by atoms with van der Waals surface area (Å²) in [6.45, 7) is 1.70. The second-order valence-electron chi connectivity index (χ2n) is 3.11. The Kier molecular flexibility index (Phi) is 3.47. The number of hydrogen-bond donors (Lipinski definition) is 1. The third-order valence-electron chi connectivity index (χ3n) is 1.46. The van der Waals surface area contributed by atoms with Crippen LogP contribution in [0.1, 0.15) is 11.8 Å². The molecular formula is C8H13NO2S2. The highest BCUT2D eigenvalue weighted by atomic mass is 32.2. The molecule has 0 radical (unpaired) electrons. The summed E-state index contributed by atoms with van der Waals surface area (Å²) in [6, 6.07) is 3.38. The molecular weight excluding hydrogens is 206 g/mol. The Morgan fingerprint density at radius 1 is 1.62 bits per heavy atom. The van der Waals surface area contributed by atoms with Crippen molar-refractivity contribution >= 4 is 21.2 Å². The zero-order chi connectivity index (χ0) is 9.90. The molecule has 0 spiro atoms. The molecule has 0 bridgehead atoms. The predicted octanol–water partition coefficient (Wildman–Crippen LogP) is 1.01. The number of nitrogens with two attached hydrogens (primary N) is 1. The first-order chi connectivity index (χ1) is 5.99. The molecule has 74 valence electrons. The summed E-state index contributed by atoms with van der Waals surface area (Å²) < 4.78 is 22.9. The Morgan fingerprint density at radius 3 is 2.77 bits per heavy atom. The lowest BCUT2D eigenvalue weighted by molar-refractivity contribution is 0.589. The highest BCUT2D eigenvalue weighted by Crippen LogP contribution is 2.13. The van der Waals surface area contributed by atoms with E-state index in [4.69, 9.17) is 5.73 Å². The molecule has 1 heterocycles. The summed E-state index contributed by atoms with van der Waals surface area (Å²) in [5.41, 5.74) is 5.43. The van der Waals surface area contributed by atoms with Crippen molar-refractivity contribution in [2.45, 2.75) is 18.7 Å². The summed E-state index contributed by atoms with van der Waals surface area (Å²) in [5.74, 6) is 0.178. The van der Waals surface area contributed by atoms with E-state index in [0.29, 0.717) is 0 Å². The van der Waals surface area contributed by atoms with E-state index in [-0.39, 0.29) is 17.5 Å². The van der Waals surface area contributed by atoms with Crippen LogP contribution in [-0.4, -0.2) is 20.2 Å². The van der Waals surface area contributed by atoms with Gasteiger partial charge in [0.1, 0.15) is 0 Å². The molecule has 0 aromatic carbocycles. The van der Waals surface area contributed by atoms with Crippen molar-refractivity contribution in [3.63, 3.8) is 0 Å². The molecule has 1 aromatic heterocycles. The smallest absolute Gasteiger partial charge is 0.156 e. The lowest BCUT2D eigenvalue weighted by Crippen LogP contribution is -2.26. The van der Waals surface area contributed by atoms with Gasteiger partial charge in [-0.3, -0.25) is 0 Å². The fourth-order valence-corrected chi connectivity index (χ4v) is 3.82. The first-order valence-electron chi connectivity index (χ1n) is 3.98. The molecule has 2 N–H and O–H groups in total. The third kappa shape index (κ3) is 3.89. The maximum atomic E-state index is 11.4. The second kappa shape index (κ2) is 4.21. The Labute approximate surface area is 82.5 Å². The highest BCUT2D eigenvalue weighted by molar-refractivity contribution is 7.90. The monoisotopic (exact) mass is 219 g/mol. The molecule has 1 unspecified atom stereocenters. The highest BCUT2D eigenvalue weighted by Gasteiger charge is 2.14. The standard InChI is InChI=1S/C8H13NO2S2/c1-7(9)5-13(10,11)6-8-3-2-4-12-8/h2-4,7H,5-6,9H2,1H3. The average molecular weight is 219 g/mol. The van der Waals surface area contributed by atoms with Gasteiger partial charge >= 0.3 is 0 Å². The van der Waals surface area contributed by atoms with E-state index < -0.39 is 9.84 Å². The minimum absolute atomic E-state index is 0.0604. The molecule has 1 rings (SSSR count). The molecule has 5 heteroatoms. The van der Waals surface area contributed by atoms with Crippen molar-refractivity contribution < 1.29 is 8.42 Å². The fourth-order valence-electron chi connectivity index (χ4n) is 1.07. The molecule has 1 atom stereocenters. The SMILES string of the molecule is CC(N)CS(=O)(=O)Cc1cccs1. The molecule has 13 heavy (non-hydrogen) atoms. The van der Waals surface area contributed by atoms with Gasteiger partial charge in [-0.15, -0.1) is 11.3 Å². The van der Waals surface area contributed by atoms with Crippen molar-refractivity contribution in [1.29, 1.82) is 0 Å². The topological polar surface area (TPSA) is 60.2 Å². The van der Waals surface area contributed by atoms with Gasteiger partial charge in [-0.2, -0.15) is 0 Å². The maximum absolute atomic E-state index is 11.4. The number of thiophene rings is 1. The van der Waals surface area contributed by atoms with E-state index in [0.717, 1.165) is 4.88 Å². The van der Waals surface area contributed by atoms with Gasteiger partial charge < -0.3 is 5.73 Å². The summed E-state index contributed by atoms with van der Waals surface area (Å²) in [5, 5.41) is 1.87. The van der Waals surface area contributed by atoms with Crippen LogP contribution in [0.3, 0.4) is 0 Å². The van der Waals surface area contributed by atoms with E-state index >= 15 is 0 Å².